The summed E-state index contributed by atoms with van der Waals surface area (Å²) in [5.41, 5.74) is 1.50. The highest BCUT2D eigenvalue weighted by Crippen LogP contribution is 2.24. The van der Waals surface area contributed by atoms with E-state index in [0.29, 0.717) is 6.61 Å². The average Bonchev–Trinajstić information content (AvgIpc) is 2.37. The van der Waals surface area contributed by atoms with Gasteiger partial charge in [-0.15, -0.1) is 0 Å². The Morgan fingerprint density at radius 3 is 2.06 bits per heavy atom. The van der Waals surface area contributed by atoms with Gasteiger partial charge in [-0.1, -0.05) is 55.5 Å². The van der Waals surface area contributed by atoms with Crippen LogP contribution in [0, 0.1) is 0 Å². The summed E-state index contributed by atoms with van der Waals surface area (Å²) in [6.07, 6.45) is 1.71. The van der Waals surface area contributed by atoms with Crippen LogP contribution in [0.4, 0.5) is 0 Å². The molecule has 0 radical (unpaired) electrons. The summed E-state index contributed by atoms with van der Waals surface area (Å²) in [6.45, 7) is 7.51. The summed E-state index contributed by atoms with van der Waals surface area (Å²) in [5, 5.41) is 8.63. The second-order valence-electron chi connectivity index (χ2n) is 5.05. The van der Waals surface area contributed by atoms with Gasteiger partial charge >= 0.3 is 0 Å². The third kappa shape index (κ3) is 7.21. The summed E-state index contributed by atoms with van der Waals surface area (Å²) < 4.78 is 5.56. The lowest BCUT2D eigenvalue weighted by molar-refractivity contribution is 0.253. The van der Waals surface area contributed by atoms with E-state index in [4.69, 9.17) is 9.84 Å². The van der Waals surface area contributed by atoms with Gasteiger partial charge in [0.2, 0.25) is 0 Å². The summed E-state index contributed by atoms with van der Waals surface area (Å²) >= 11 is 2.15. The first kappa shape index (κ1) is 17.7. The van der Waals surface area contributed by atoms with Gasteiger partial charge in [-0.2, -0.15) is 0 Å². The first-order chi connectivity index (χ1) is 8.54. The van der Waals surface area contributed by atoms with Crippen LogP contribution >= 0.6 is 22.6 Å². The largest absolute Gasteiger partial charge is 0.494 e. The van der Waals surface area contributed by atoms with Crippen LogP contribution in [-0.2, 0) is 5.41 Å². The van der Waals surface area contributed by atoms with Crippen molar-refractivity contribution in [2.75, 3.05) is 18.1 Å². The van der Waals surface area contributed by atoms with Gasteiger partial charge in [0.05, 0.1) is 6.61 Å². The van der Waals surface area contributed by atoms with Gasteiger partial charge in [0, 0.05) is 6.61 Å². The first-order valence-electron chi connectivity index (χ1n) is 6.26. The molecule has 0 saturated carbocycles. The summed E-state index contributed by atoms with van der Waals surface area (Å²) in [6, 6.07) is 8.25. The molecule has 0 aliphatic carbocycles. The lowest BCUT2D eigenvalue weighted by Gasteiger charge is -2.19. The number of aliphatic hydroxyl groups is 1. The minimum absolute atomic E-state index is 0.190. The minimum Gasteiger partial charge on any atom is -0.494 e. The number of alkyl halides is 1. The molecule has 1 aromatic rings. The fourth-order valence-electron chi connectivity index (χ4n) is 1.46. The van der Waals surface area contributed by atoms with Gasteiger partial charge in [-0.05, 0) is 40.9 Å². The van der Waals surface area contributed by atoms with Crippen molar-refractivity contribution in [1.29, 1.82) is 0 Å². The van der Waals surface area contributed by atoms with Crippen molar-refractivity contribution in [3.05, 3.63) is 29.8 Å². The third-order valence-corrected chi connectivity index (χ3v) is 2.54. The Hall–Kier alpha value is -0.290. The van der Waals surface area contributed by atoms with Crippen LogP contribution in [0.1, 0.15) is 39.2 Å². The normalized spacial score (nSPS) is 10.6. The van der Waals surface area contributed by atoms with E-state index in [2.05, 4.69) is 55.5 Å². The van der Waals surface area contributed by atoms with Crippen molar-refractivity contribution in [3.8, 4) is 5.75 Å². The van der Waals surface area contributed by atoms with Crippen molar-refractivity contribution < 1.29 is 9.84 Å². The molecule has 0 unspecified atom stereocenters. The van der Waals surface area contributed by atoms with Gasteiger partial charge in [0.1, 0.15) is 5.75 Å². The molecule has 1 aromatic carbocycles. The molecule has 2 nitrogen and oxygen atoms in total. The summed E-state index contributed by atoms with van der Waals surface area (Å²) in [7, 11) is 0. The Bertz CT molecular complexity index is 301. The van der Waals surface area contributed by atoms with Crippen molar-refractivity contribution >= 4 is 22.6 Å². The maximum atomic E-state index is 8.63. The fraction of sp³-hybridized carbons (Fsp3) is 0.600. The van der Waals surface area contributed by atoms with Crippen LogP contribution in [0.3, 0.4) is 0 Å². The number of hydrogen-bond donors (Lipinski definition) is 1. The molecule has 1 N–H and O–H groups in total. The van der Waals surface area contributed by atoms with Crippen molar-refractivity contribution in [2.45, 2.75) is 39.0 Å². The van der Waals surface area contributed by atoms with E-state index in [0.717, 1.165) is 18.6 Å². The predicted octanol–water partition coefficient (Wildman–Crippen LogP) is 4.19. The molecule has 0 aliphatic rings. The molecule has 0 bridgehead atoms. The second kappa shape index (κ2) is 9.62. The van der Waals surface area contributed by atoms with Gasteiger partial charge in [0.25, 0.3) is 0 Å². The lowest BCUT2D eigenvalue weighted by atomic mass is 9.87. The number of rotatable bonds is 5. The molecule has 0 aromatic heterocycles. The van der Waals surface area contributed by atoms with E-state index in [1.165, 1.54) is 5.56 Å². The summed E-state index contributed by atoms with van der Waals surface area (Å²) in [5.74, 6) is 0.908. The smallest absolute Gasteiger partial charge is 0.119 e. The maximum absolute atomic E-state index is 8.63. The van der Waals surface area contributed by atoms with Gasteiger partial charge in [-0.3, -0.25) is 0 Å². The number of unbranched alkanes of at least 4 members (excludes halogenated alkanes) is 1. The van der Waals surface area contributed by atoms with Crippen LogP contribution in [0.5, 0.6) is 5.75 Å². The Morgan fingerprint density at radius 2 is 1.61 bits per heavy atom. The van der Waals surface area contributed by atoms with Crippen molar-refractivity contribution in [2.24, 2.45) is 0 Å². The average molecular weight is 364 g/mol. The van der Waals surface area contributed by atoms with E-state index in [1.54, 1.807) is 0 Å². The van der Waals surface area contributed by atoms with E-state index < -0.39 is 0 Å². The van der Waals surface area contributed by atoms with E-state index >= 15 is 0 Å². The molecular weight excluding hydrogens is 339 g/mol. The zero-order valence-corrected chi connectivity index (χ0v) is 14.0. The Balaban J connectivity index is 0.00000137. The van der Waals surface area contributed by atoms with E-state index in [9.17, 15) is 0 Å². The van der Waals surface area contributed by atoms with Crippen LogP contribution in [0.15, 0.2) is 24.3 Å². The Labute approximate surface area is 125 Å². The molecule has 0 heterocycles. The van der Waals surface area contributed by atoms with Crippen molar-refractivity contribution in [3.63, 3.8) is 0 Å². The predicted molar refractivity (Wildman–Crippen MR) is 86.9 cm³/mol. The summed E-state index contributed by atoms with van der Waals surface area (Å²) in [4.78, 5) is 1.97. The molecule has 3 heteroatoms. The first-order valence-corrected chi connectivity index (χ1v) is 8.42. The molecule has 18 heavy (non-hydrogen) atoms. The standard InChI is InChI=1S/C14H22O2.CH3I/c1-14(2,3)12-6-8-13(9-7-12)16-11-5-4-10-15;1-2/h6-9,15H,4-5,10-11H2,1-3H3;1H3. The molecule has 0 aliphatic heterocycles. The molecule has 0 fully saturated rings. The van der Waals surface area contributed by atoms with Crippen LogP contribution in [-0.4, -0.2) is 23.3 Å². The molecule has 0 saturated heterocycles. The second-order valence-corrected chi connectivity index (χ2v) is 5.05. The van der Waals surface area contributed by atoms with E-state index in [1.807, 2.05) is 17.1 Å². The highest BCUT2D eigenvalue weighted by Gasteiger charge is 2.12. The van der Waals surface area contributed by atoms with Gasteiger partial charge in [0.15, 0.2) is 0 Å². The zero-order chi connectivity index (χ0) is 14.0. The minimum atomic E-state index is 0.190. The molecule has 0 amide bonds. The molecule has 1 rings (SSSR count). The van der Waals surface area contributed by atoms with Crippen molar-refractivity contribution in [1.82, 2.24) is 0 Å². The fourth-order valence-corrected chi connectivity index (χ4v) is 1.46. The number of aliphatic hydroxyl groups excluding tert-OH is 1. The van der Waals surface area contributed by atoms with E-state index in [-0.39, 0.29) is 12.0 Å². The SMILES string of the molecule is CC(C)(C)c1ccc(OCCCCO)cc1.CI. The topological polar surface area (TPSA) is 29.5 Å². The van der Waals surface area contributed by atoms with Crippen LogP contribution in [0.2, 0.25) is 0 Å². The highest BCUT2D eigenvalue weighted by molar-refractivity contribution is 14.1. The lowest BCUT2D eigenvalue weighted by Crippen LogP contribution is -2.10. The highest BCUT2D eigenvalue weighted by atomic mass is 127. The molecule has 104 valence electrons. The number of ether oxygens (including phenoxy) is 1. The van der Waals surface area contributed by atoms with Gasteiger partial charge < -0.3 is 9.84 Å². The zero-order valence-electron chi connectivity index (χ0n) is 11.9. The Morgan fingerprint density at radius 1 is 1.06 bits per heavy atom. The van der Waals surface area contributed by atoms with Gasteiger partial charge in [-0.25, -0.2) is 0 Å². The quantitative estimate of drug-likeness (QED) is 0.482. The maximum Gasteiger partial charge on any atom is 0.119 e. The van der Waals surface area contributed by atoms with Crippen LogP contribution in [0.25, 0.3) is 0 Å². The number of benzene rings is 1. The monoisotopic (exact) mass is 364 g/mol. The Kier molecular flexibility index (Phi) is 9.46. The molecule has 0 atom stereocenters. The molecular formula is C15H25IO2. The number of hydrogen-bond acceptors (Lipinski definition) is 2. The number of halogens is 1. The van der Waals surface area contributed by atoms with Crippen LogP contribution < -0.4 is 4.74 Å². The third-order valence-electron chi connectivity index (χ3n) is 2.54. The molecule has 0 spiro atoms.